The molecular formula is C23H26FN3O3. The number of hydrogen-bond acceptors (Lipinski definition) is 4. The zero-order valence-corrected chi connectivity index (χ0v) is 17.2. The molecule has 1 aliphatic heterocycles. The van der Waals surface area contributed by atoms with E-state index in [0.29, 0.717) is 31.9 Å². The van der Waals surface area contributed by atoms with Gasteiger partial charge in [-0.15, -0.1) is 0 Å². The van der Waals surface area contributed by atoms with Crippen molar-refractivity contribution in [2.75, 3.05) is 45.2 Å². The summed E-state index contributed by atoms with van der Waals surface area (Å²) in [4.78, 5) is 28.4. The first-order valence-corrected chi connectivity index (χ1v) is 9.84. The maximum Gasteiger partial charge on any atom is 0.246 e. The summed E-state index contributed by atoms with van der Waals surface area (Å²) >= 11 is 0. The van der Waals surface area contributed by atoms with Gasteiger partial charge in [0.15, 0.2) is 0 Å². The summed E-state index contributed by atoms with van der Waals surface area (Å²) in [5, 5.41) is 2.69. The number of piperazine rings is 1. The van der Waals surface area contributed by atoms with Gasteiger partial charge in [0, 0.05) is 43.5 Å². The third-order valence-corrected chi connectivity index (χ3v) is 4.95. The lowest BCUT2D eigenvalue weighted by molar-refractivity contribution is -0.127. The molecule has 0 spiro atoms. The Bertz CT molecular complexity index is 937. The Morgan fingerprint density at radius 1 is 1.13 bits per heavy atom. The van der Waals surface area contributed by atoms with Gasteiger partial charge in [-0.05, 0) is 43.3 Å². The number of amides is 2. The lowest BCUT2D eigenvalue weighted by Crippen LogP contribution is -2.50. The zero-order chi connectivity index (χ0) is 21.5. The topological polar surface area (TPSA) is 61.9 Å². The fraction of sp³-hybridized carbons (Fsp3) is 0.304. The lowest BCUT2D eigenvalue weighted by Gasteiger charge is -2.33. The van der Waals surface area contributed by atoms with E-state index in [0.717, 1.165) is 16.9 Å². The Morgan fingerprint density at radius 3 is 2.60 bits per heavy atom. The van der Waals surface area contributed by atoms with E-state index in [-0.39, 0.29) is 18.4 Å². The first-order chi connectivity index (χ1) is 14.4. The van der Waals surface area contributed by atoms with Gasteiger partial charge in [-0.1, -0.05) is 17.7 Å². The Kier molecular flexibility index (Phi) is 7.19. The second-order valence-corrected chi connectivity index (χ2v) is 7.24. The Hall–Kier alpha value is -3.19. The molecule has 30 heavy (non-hydrogen) atoms. The number of nitrogens with one attached hydrogen (secondary N) is 1. The average Bonchev–Trinajstić information content (AvgIpc) is 2.72. The second-order valence-electron chi connectivity index (χ2n) is 7.24. The summed E-state index contributed by atoms with van der Waals surface area (Å²) in [5.74, 6) is 0.0595. The normalized spacial score (nSPS) is 14.7. The zero-order valence-electron chi connectivity index (χ0n) is 17.2. The number of rotatable bonds is 6. The number of carbonyl (C=O) groups excluding carboxylic acids is 2. The van der Waals surface area contributed by atoms with Crippen molar-refractivity contribution in [1.82, 2.24) is 9.80 Å². The van der Waals surface area contributed by atoms with E-state index in [1.165, 1.54) is 12.1 Å². The molecule has 1 N–H and O–H groups in total. The molecule has 1 aliphatic rings. The van der Waals surface area contributed by atoms with Crippen molar-refractivity contribution in [3.8, 4) is 5.75 Å². The number of benzene rings is 2. The Labute approximate surface area is 175 Å². The van der Waals surface area contributed by atoms with E-state index in [1.807, 2.05) is 30.0 Å². The highest BCUT2D eigenvalue weighted by atomic mass is 19.1. The van der Waals surface area contributed by atoms with Crippen molar-refractivity contribution in [3.05, 3.63) is 65.5 Å². The minimum absolute atomic E-state index is 0.0672. The monoisotopic (exact) mass is 411 g/mol. The molecule has 2 aromatic rings. The predicted octanol–water partition coefficient (Wildman–Crippen LogP) is 2.94. The van der Waals surface area contributed by atoms with Crippen LogP contribution in [0, 0.1) is 12.7 Å². The van der Waals surface area contributed by atoms with Gasteiger partial charge in [0.1, 0.15) is 11.6 Å². The fourth-order valence-corrected chi connectivity index (χ4v) is 3.35. The van der Waals surface area contributed by atoms with Crippen LogP contribution in [0.1, 0.15) is 11.1 Å². The van der Waals surface area contributed by atoms with Gasteiger partial charge in [0.05, 0.1) is 13.7 Å². The molecule has 2 amide bonds. The maximum absolute atomic E-state index is 13.2. The molecule has 1 heterocycles. The van der Waals surface area contributed by atoms with Crippen LogP contribution < -0.4 is 10.1 Å². The quantitative estimate of drug-likeness (QED) is 0.743. The summed E-state index contributed by atoms with van der Waals surface area (Å²) in [6, 6.07) is 11.6. The number of methoxy groups -OCH3 is 1. The van der Waals surface area contributed by atoms with Crippen molar-refractivity contribution < 1.29 is 18.7 Å². The molecule has 0 atom stereocenters. The summed E-state index contributed by atoms with van der Waals surface area (Å²) < 4.78 is 18.6. The van der Waals surface area contributed by atoms with E-state index in [4.69, 9.17) is 4.74 Å². The average molecular weight is 411 g/mol. The van der Waals surface area contributed by atoms with Crippen LogP contribution in [0.15, 0.2) is 48.5 Å². The fourth-order valence-electron chi connectivity index (χ4n) is 3.35. The van der Waals surface area contributed by atoms with Gasteiger partial charge >= 0.3 is 0 Å². The third kappa shape index (κ3) is 5.90. The molecule has 0 bridgehead atoms. The van der Waals surface area contributed by atoms with Gasteiger partial charge in [-0.3, -0.25) is 14.5 Å². The molecular weight excluding hydrogens is 385 g/mol. The molecule has 2 aromatic carbocycles. The van der Waals surface area contributed by atoms with E-state index >= 15 is 0 Å². The smallest absolute Gasteiger partial charge is 0.246 e. The summed E-state index contributed by atoms with van der Waals surface area (Å²) in [7, 11) is 1.60. The van der Waals surface area contributed by atoms with Crippen LogP contribution >= 0.6 is 0 Å². The molecule has 3 rings (SSSR count). The van der Waals surface area contributed by atoms with Crippen LogP contribution in [0.4, 0.5) is 10.1 Å². The van der Waals surface area contributed by atoms with Crippen molar-refractivity contribution >= 4 is 23.6 Å². The summed E-state index contributed by atoms with van der Waals surface area (Å²) in [6.07, 6.45) is 3.33. The van der Waals surface area contributed by atoms with Crippen molar-refractivity contribution in [2.24, 2.45) is 0 Å². The Balaban J connectivity index is 1.48. The van der Waals surface area contributed by atoms with Gasteiger partial charge < -0.3 is 15.0 Å². The van der Waals surface area contributed by atoms with E-state index in [2.05, 4.69) is 5.32 Å². The number of aryl methyl sites for hydroxylation is 1. The second kappa shape index (κ2) is 10.0. The molecule has 0 aliphatic carbocycles. The molecule has 0 radical (unpaired) electrons. The number of anilines is 1. The van der Waals surface area contributed by atoms with Gasteiger partial charge in [-0.2, -0.15) is 0 Å². The first kappa shape index (κ1) is 21.5. The van der Waals surface area contributed by atoms with E-state index in [1.54, 1.807) is 36.3 Å². The highest BCUT2D eigenvalue weighted by molar-refractivity contribution is 5.93. The van der Waals surface area contributed by atoms with Gasteiger partial charge in [0.2, 0.25) is 11.8 Å². The van der Waals surface area contributed by atoms with Crippen molar-refractivity contribution in [2.45, 2.75) is 6.92 Å². The SMILES string of the molecule is COc1ccc(C)cc1C=CC(=O)N1CCN(CC(=O)Nc2cccc(F)c2)CC1. The standard InChI is InChI=1S/C23H26FN3O3/c1-17-6-8-21(30-2)18(14-17)7-9-23(29)27-12-10-26(11-13-27)16-22(28)25-20-5-3-4-19(24)15-20/h3-9,14-15H,10-13,16H2,1-2H3,(H,25,28). The maximum atomic E-state index is 13.2. The van der Waals surface area contributed by atoms with Gasteiger partial charge in [-0.25, -0.2) is 4.39 Å². The molecule has 0 unspecified atom stereocenters. The highest BCUT2D eigenvalue weighted by Gasteiger charge is 2.21. The molecule has 6 nitrogen and oxygen atoms in total. The minimum Gasteiger partial charge on any atom is -0.496 e. The number of nitrogens with zero attached hydrogens (tertiary/aromatic N) is 2. The highest BCUT2D eigenvalue weighted by Crippen LogP contribution is 2.21. The molecule has 0 aromatic heterocycles. The Morgan fingerprint density at radius 2 is 1.90 bits per heavy atom. The largest absolute Gasteiger partial charge is 0.496 e. The van der Waals surface area contributed by atoms with Crippen LogP contribution in [0.2, 0.25) is 0 Å². The van der Waals surface area contributed by atoms with Crippen LogP contribution in [0.3, 0.4) is 0 Å². The molecule has 7 heteroatoms. The number of hydrogen-bond donors (Lipinski definition) is 1. The van der Waals surface area contributed by atoms with Crippen molar-refractivity contribution in [1.29, 1.82) is 0 Å². The number of halogens is 1. The third-order valence-electron chi connectivity index (χ3n) is 4.95. The van der Waals surface area contributed by atoms with E-state index < -0.39 is 5.82 Å². The van der Waals surface area contributed by atoms with Crippen molar-refractivity contribution in [3.63, 3.8) is 0 Å². The molecule has 1 saturated heterocycles. The minimum atomic E-state index is -0.392. The van der Waals surface area contributed by atoms with Crippen LogP contribution in [0.5, 0.6) is 5.75 Å². The first-order valence-electron chi connectivity index (χ1n) is 9.84. The predicted molar refractivity (Wildman–Crippen MR) is 115 cm³/mol. The van der Waals surface area contributed by atoms with Crippen LogP contribution in [-0.4, -0.2) is 61.4 Å². The molecule has 1 fully saturated rings. The molecule has 158 valence electrons. The van der Waals surface area contributed by atoms with E-state index in [9.17, 15) is 14.0 Å². The van der Waals surface area contributed by atoms with Crippen LogP contribution in [0.25, 0.3) is 6.08 Å². The van der Waals surface area contributed by atoms with Crippen LogP contribution in [-0.2, 0) is 9.59 Å². The number of ether oxygens (including phenoxy) is 1. The summed E-state index contributed by atoms with van der Waals surface area (Å²) in [5.41, 5.74) is 2.39. The van der Waals surface area contributed by atoms with Gasteiger partial charge in [0.25, 0.3) is 0 Å². The summed E-state index contributed by atoms with van der Waals surface area (Å²) in [6.45, 7) is 4.48. The molecule has 0 saturated carbocycles. The lowest BCUT2D eigenvalue weighted by atomic mass is 10.1. The number of carbonyl (C=O) groups is 2.